The Morgan fingerprint density at radius 3 is 2.91 bits per heavy atom. The van der Waals surface area contributed by atoms with Crippen molar-refractivity contribution in [3.63, 3.8) is 0 Å². The van der Waals surface area contributed by atoms with Crippen LogP contribution in [0.5, 0.6) is 0 Å². The standard InChI is InChI=1S/C6H12N2O2S/c1-2-3-7-6(10)8(11)4-5-9/h2,9,11H,1,3-5H2,(H,7,10). The second kappa shape index (κ2) is 6.06. The van der Waals surface area contributed by atoms with Gasteiger partial charge in [0.1, 0.15) is 0 Å². The zero-order valence-corrected chi connectivity index (χ0v) is 7.05. The quantitative estimate of drug-likeness (QED) is 0.418. The van der Waals surface area contributed by atoms with Crippen molar-refractivity contribution in [3.8, 4) is 0 Å². The summed E-state index contributed by atoms with van der Waals surface area (Å²) in [7, 11) is 0. The lowest BCUT2D eigenvalue weighted by atomic mass is 10.6. The molecule has 0 bridgehead atoms. The van der Waals surface area contributed by atoms with E-state index in [4.69, 9.17) is 5.11 Å². The molecule has 0 atom stereocenters. The van der Waals surface area contributed by atoms with Crippen LogP contribution in [-0.4, -0.2) is 35.1 Å². The average molecular weight is 176 g/mol. The van der Waals surface area contributed by atoms with Gasteiger partial charge in [-0.15, -0.1) is 6.58 Å². The van der Waals surface area contributed by atoms with Gasteiger partial charge < -0.3 is 10.4 Å². The molecule has 2 N–H and O–H groups in total. The molecule has 64 valence electrons. The maximum Gasteiger partial charge on any atom is 0.327 e. The molecule has 4 nitrogen and oxygen atoms in total. The van der Waals surface area contributed by atoms with Gasteiger partial charge in [-0.3, -0.25) is 4.31 Å². The van der Waals surface area contributed by atoms with E-state index in [0.717, 1.165) is 4.31 Å². The van der Waals surface area contributed by atoms with Gasteiger partial charge in [0.2, 0.25) is 0 Å². The normalized spacial score (nSPS) is 8.91. The van der Waals surface area contributed by atoms with Gasteiger partial charge in [-0.2, -0.15) is 0 Å². The highest BCUT2D eigenvalue weighted by Crippen LogP contribution is 1.91. The van der Waals surface area contributed by atoms with Crippen molar-refractivity contribution >= 4 is 18.8 Å². The van der Waals surface area contributed by atoms with Crippen LogP contribution in [0.3, 0.4) is 0 Å². The molecule has 0 heterocycles. The number of aliphatic hydroxyl groups is 1. The molecule has 0 spiro atoms. The summed E-state index contributed by atoms with van der Waals surface area (Å²) < 4.78 is 1.10. The lowest BCUT2D eigenvalue weighted by molar-refractivity contribution is 0.214. The summed E-state index contributed by atoms with van der Waals surface area (Å²) in [6, 6.07) is -0.331. The fourth-order valence-electron chi connectivity index (χ4n) is 0.447. The fraction of sp³-hybridized carbons (Fsp3) is 0.500. The van der Waals surface area contributed by atoms with Crippen LogP contribution in [0, 0.1) is 0 Å². The number of hydrogen-bond donors (Lipinski definition) is 3. The SMILES string of the molecule is C=CCNC(=O)N(S)CCO. The number of nitrogens with one attached hydrogen (secondary N) is 1. The van der Waals surface area contributed by atoms with Gasteiger partial charge in [0.25, 0.3) is 0 Å². The largest absolute Gasteiger partial charge is 0.394 e. The van der Waals surface area contributed by atoms with E-state index in [1.54, 1.807) is 6.08 Å². The van der Waals surface area contributed by atoms with E-state index >= 15 is 0 Å². The minimum Gasteiger partial charge on any atom is -0.394 e. The highest BCUT2D eigenvalue weighted by Gasteiger charge is 2.05. The van der Waals surface area contributed by atoms with E-state index in [0.29, 0.717) is 6.54 Å². The maximum atomic E-state index is 10.9. The fourth-order valence-corrected chi connectivity index (χ4v) is 0.607. The van der Waals surface area contributed by atoms with Crippen LogP contribution >= 0.6 is 12.8 Å². The van der Waals surface area contributed by atoms with Gasteiger partial charge in [0.15, 0.2) is 0 Å². The summed E-state index contributed by atoms with van der Waals surface area (Å²) in [5.74, 6) is 0. The Hall–Kier alpha value is -0.680. The average Bonchev–Trinajstić information content (AvgIpc) is 2.00. The number of thiol groups is 1. The second-order valence-electron chi connectivity index (χ2n) is 1.82. The van der Waals surface area contributed by atoms with E-state index in [-0.39, 0.29) is 19.2 Å². The lowest BCUT2D eigenvalue weighted by Crippen LogP contribution is -2.35. The van der Waals surface area contributed by atoms with Gasteiger partial charge in [-0.05, 0) is 0 Å². The van der Waals surface area contributed by atoms with Crippen molar-refractivity contribution < 1.29 is 9.90 Å². The molecule has 0 aromatic rings. The Morgan fingerprint density at radius 1 is 1.82 bits per heavy atom. The number of aliphatic hydroxyl groups excluding tert-OH is 1. The van der Waals surface area contributed by atoms with Crippen molar-refractivity contribution in [3.05, 3.63) is 12.7 Å². The van der Waals surface area contributed by atoms with Crippen molar-refractivity contribution in [1.29, 1.82) is 0 Å². The molecule has 0 aromatic carbocycles. The summed E-state index contributed by atoms with van der Waals surface area (Å²) in [5.41, 5.74) is 0. The molecular weight excluding hydrogens is 164 g/mol. The van der Waals surface area contributed by atoms with E-state index < -0.39 is 0 Å². The number of urea groups is 1. The van der Waals surface area contributed by atoms with Crippen LogP contribution < -0.4 is 5.32 Å². The topological polar surface area (TPSA) is 52.6 Å². The first-order chi connectivity index (χ1) is 5.22. The third kappa shape index (κ3) is 4.69. The molecule has 0 aliphatic carbocycles. The summed E-state index contributed by atoms with van der Waals surface area (Å²) in [6.45, 7) is 3.96. The first-order valence-electron chi connectivity index (χ1n) is 3.18. The second-order valence-corrected chi connectivity index (χ2v) is 2.30. The predicted molar refractivity (Wildman–Crippen MR) is 46.4 cm³/mol. The Labute approximate surface area is 71.4 Å². The van der Waals surface area contributed by atoms with Gasteiger partial charge in [-0.1, -0.05) is 18.9 Å². The molecule has 0 fully saturated rings. The van der Waals surface area contributed by atoms with E-state index in [1.165, 1.54) is 0 Å². The Bertz CT molecular complexity index is 141. The van der Waals surface area contributed by atoms with Crippen LogP contribution in [0.15, 0.2) is 12.7 Å². The highest BCUT2D eigenvalue weighted by atomic mass is 32.1. The van der Waals surface area contributed by atoms with Crippen molar-refractivity contribution in [2.24, 2.45) is 0 Å². The molecule has 0 saturated carbocycles. The molecule has 2 amide bonds. The number of hydrogen-bond acceptors (Lipinski definition) is 3. The van der Waals surface area contributed by atoms with Crippen LogP contribution in [0.2, 0.25) is 0 Å². The van der Waals surface area contributed by atoms with Crippen LogP contribution in [0.1, 0.15) is 0 Å². The summed E-state index contributed by atoms with van der Waals surface area (Å²) >= 11 is 3.80. The molecule has 0 radical (unpaired) electrons. The first kappa shape index (κ1) is 10.3. The van der Waals surface area contributed by atoms with Crippen LogP contribution in [-0.2, 0) is 0 Å². The van der Waals surface area contributed by atoms with Gasteiger partial charge >= 0.3 is 6.03 Å². The van der Waals surface area contributed by atoms with Crippen molar-refractivity contribution in [2.75, 3.05) is 19.7 Å². The van der Waals surface area contributed by atoms with Gasteiger partial charge in [-0.25, -0.2) is 4.79 Å². The smallest absolute Gasteiger partial charge is 0.327 e. The maximum absolute atomic E-state index is 10.9. The zero-order chi connectivity index (χ0) is 8.69. The van der Waals surface area contributed by atoms with Gasteiger partial charge in [0, 0.05) is 6.54 Å². The lowest BCUT2D eigenvalue weighted by Gasteiger charge is -2.13. The third-order valence-electron chi connectivity index (χ3n) is 0.944. The van der Waals surface area contributed by atoms with E-state index in [9.17, 15) is 4.79 Å². The van der Waals surface area contributed by atoms with E-state index in [2.05, 4.69) is 24.7 Å². The number of carbonyl (C=O) groups excluding carboxylic acids is 1. The Kier molecular flexibility index (Phi) is 5.68. The molecule has 0 aliphatic rings. The molecule has 0 aliphatic heterocycles. The van der Waals surface area contributed by atoms with Crippen LogP contribution in [0.4, 0.5) is 4.79 Å². The first-order valence-corrected chi connectivity index (χ1v) is 3.58. The minimum atomic E-state index is -0.331. The van der Waals surface area contributed by atoms with Gasteiger partial charge in [0.05, 0.1) is 13.2 Å². The summed E-state index contributed by atoms with van der Waals surface area (Å²) in [6.07, 6.45) is 1.57. The molecule has 0 unspecified atom stereocenters. The summed E-state index contributed by atoms with van der Waals surface area (Å²) in [4.78, 5) is 10.9. The van der Waals surface area contributed by atoms with Crippen LogP contribution in [0.25, 0.3) is 0 Å². The minimum absolute atomic E-state index is 0.0923. The zero-order valence-electron chi connectivity index (χ0n) is 6.16. The predicted octanol–water partition coefficient (Wildman–Crippen LogP) is 0.0211. The molecule has 11 heavy (non-hydrogen) atoms. The van der Waals surface area contributed by atoms with E-state index in [1.807, 2.05) is 0 Å². The number of carbonyl (C=O) groups is 1. The van der Waals surface area contributed by atoms with Crippen molar-refractivity contribution in [2.45, 2.75) is 0 Å². The highest BCUT2D eigenvalue weighted by molar-refractivity contribution is 7.78. The molecule has 0 rings (SSSR count). The van der Waals surface area contributed by atoms with Crippen molar-refractivity contribution in [1.82, 2.24) is 9.62 Å². The third-order valence-corrected chi connectivity index (χ3v) is 1.33. The number of nitrogens with zero attached hydrogens (tertiary/aromatic N) is 1. The molecule has 0 saturated heterocycles. The Balaban J connectivity index is 3.54. The molecule has 5 heteroatoms. The number of rotatable bonds is 4. The molecular formula is C6H12N2O2S. The molecule has 0 aromatic heterocycles. The Morgan fingerprint density at radius 2 is 2.45 bits per heavy atom. The number of amides is 2. The monoisotopic (exact) mass is 176 g/mol. The summed E-state index contributed by atoms with van der Waals surface area (Å²) in [5, 5.41) is 10.9.